The van der Waals surface area contributed by atoms with Gasteiger partial charge in [0.1, 0.15) is 12.5 Å². The summed E-state index contributed by atoms with van der Waals surface area (Å²) < 4.78 is 11.2. The van der Waals surface area contributed by atoms with Crippen LogP contribution in [-0.4, -0.2) is 42.0 Å². The third kappa shape index (κ3) is 2.67. The number of nitrogens with one attached hydrogen (secondary N) is 1. The van der Waals surface area contributed by atoms with E-state index in [0.717, 1.165) is 24.0 Å². The van der Waals surface area contributed by atoms with Crippen molar-refractivity contribution >= 4 is 12.1 Å². The van der Waals surface area contributed by atoms with Crippen molar-refractivity contribution in [3.8, 4) is 11.1 Å². The predicted octanol–water partition coefficient (Wildman–Crippen LogP) is 3.16. The summed E-state index contributed by atoms with van der Waals surface area (Å²) in [6.07, 6.45) is 0.343. The second kappa shape index (κ2) is 6.63. The first kappa shape index (κ1) is 17.3. The number of carbonyl (C=O) groups is 2. The second-order valence-corrected chi connectivity index (χ2v) is 7.65. The molecule has 5 rings (SSSR count). The molecule has 1 aliphatic carbocycles. The molecular formula is C22H21NO5. The molecule has 4 atom stereocenters. The van der Waals surface area contributed by atoms with Crippen molar-refractivity contribution in [1.82, 2.24) is 5.32 Å². The molecule has 3 aliphatic rings. The van der Waals surface area contributed by atoms with E-state index in [4.69, 9.17) is 9.47 Å². The van der Waals surface area contributed by atoms with Crippen LogP contribution in [0.2, 0.25) is 0 Å². The molecular weight excluding hydrogens is 358 g/mol. The zero-order valence-corrected chi connectivity index (χ0v) is 15.2. The Labute approximate surface area is 162 Å². The number of rotatable bonds is 4. The molecule has 0 saturated carbocycles. The number of hydrogen-bond acceptors (Lipinski definition) is 4. The van der Waals surface area contributed by atoms with Crippen LogP contribution in [0.15, 0.2) is 48.5 Å². The first-order valence-electron chi connectivity index (χ1n) is 9.63. The van der Waals surface area contributed by atoms with E-state index in [1.165, 1.54) is 11.1 Å². The number of ether oxygens (including phenoxy) is 2. The van der Waals surface area contributed by atoms with Crippen molar-refractivity contribution in [2.75, 3.05) is 6.61 Å². The van der Waals surface area contributed by atoms with E-state index in [2.05, 4.69) is 29.6 Å². The number of benzene rings is 2. The van der Waals surface area contributed by atoms with Crippen molar-refractivity contribution in [2.45, 2.75) is 37.0 Å². The summed E-state index contributed by atoms with van der Waals surface area (Å²) >= 11 is 0. The Morgan fingerprint density at radius 2 is 1.61 bits per heavy atom. The number of carboxylic acid groups (broad SMARTS) is 1. The Kier molecular flexibility index (Phi) is 4.09. The molecule has 2 bridgehead atoms. The maximum Gasteiger partial charge on any atom is 0.407 e. The average Bonchev–Trinajstić information content (AvgIpc) is 3.38. The van der Waals surface area contributed by atoms with E-state index < -0.39 is 24.0 Å². The maximum absolute atomic E-state index is 12.4. The topological polar surface area (TPSA) is 84.9 Å². The highest BCUT2D eigenvalue weighted by molar-refractivity contribution is 5.79. The fourth-order valence-corrected chi connectivity index (χ4v) is 4.95. The monoisotopic (exact) mass is 379 g/mol. The van der Waals surface area contributed by atoms with Crippen LogP contribution in [0, 0.1) is 5.92 Å². The van der Waals surface area contributed by atoms with E-state index in [1.54, 1.807) is 0 Å². The SMILES string of the molecule is O=C(NC1C2CCC(O2)C1C(=O)O)OCC1c2ccccc2-c2ccccc21. The highest BCUT2D eigenvalue weighted by atomic mass is 16.6. The van der Waals surface area contributed by atoms with Crippen LogP contribution < -0.4 is 5.32 Å². The zero-order chi connectivity index (χ0) is 19.3. The van der Waals surface area contributed by atoms with Gasteiger partial charge in [0.05, 0.1) is 18.2 Å². The molecule has 2 aromatic carbocycles. The summed E-state index contributed by atoms with van der Waals surface area (Å²) in [6.45, 7) is 0.208. The van der Waals surface area contributed by atoms with Crippen LogP contribution in [-0.2, 0) is 14.3 Å². The Bertz CT molecular complexity index is 897. The Morgan fingerprint density at radius 1 is 1.00 bits per heavy atom. The number of hydrogen-bond donors (Lipinski definition) is 2. The summed E-state index contributed by atoms with van der Waals surface area (Å²) in [5, 5.41) is 12.2. The third-order valence-electron chi connectivity index (χ3n) is 6.19. The fourth-order valence-electron chi connectivity index (χ4n) is 4.95. The van der Waals surface area contributed by atoms with E-state index in [1.807, 2.05) is 24.3 Å². The number of amides is 1. The third-order valence-corrected chi connectivity index (χ3v) is 6.19. The van der Waals surface area contributed by atoms with Crippen LogP contribution in [0.25, 0.3) is 11.1 Å². The Hall–Kier alpha value is -2.86. The van der Waals surface area contributed by atoms with Crippen molar-refractivity contribution in [3.63, 3.8) is 0 Å². The molecule has 6 nitrogen and oxygen atoms in total. The van der Waals surface area contributed by atoms with Crippen molar-refractivity contribution in [3.05, 3.63) is 59.7 Å². The van der Waals surface area contributed by atoms with Gasteiger partial charge in [-0.05, 0) is 35.1 Å². The average molecular weight is 379 g/mol. The van der Waals surface area contributed by atoms with Crippen molar-refractivity contribution in [1.29, 1.82) is 0 Å². The highest BCUT2D eigenvalue weighted by Crippen LogP contribution is 2.44. The Morgan fingerprint density at radius 3 is 2.25 bits per heavy atom. The molecule has 2 aromatic rings. The molecule has 0 spiro atoms. The molecule has 2 N–H and O–H groups in total. The number of carboxylic acids is 1. The van der Waals surface area contributed by atoms with Gasteiger partial charge in [0.2, 0.25) is 0 Å². The molecule has 2 fully saturated rings. The molecule has 4 unspecified atom stereocenters. The van der Waals surface area contributed by atoms with Gasteiger partial charge in [0.25, 0.3) is 0 Å². The van der Waals surface area contributed by atoms with Gasteiger partial charge in [-0.15, -0.1) is 0 Å². The van der Waals surface area contributed by atoms with E-state index in [-0.39, 0.29) is 24.7 Å². The van der Waals surface area contributed by atoms with E-state index in [9.17, 15) is 14.7 Å². The fraction of sp³-hybridized carbons (Fsp3) is 0.364. The molecule has 2 saturated heterocycles. The summed E-state index contributed by atoms with van der Waals surface area (Å²) in [5.41, 5.74) is 4.62. The number of fused-ring (bicyclic) bond motifs is 5. The summed E-state index contributed by atoms with van der Waals surface area (Å²) in [6, 6.07) is 15.7. The minimum absolute atomic E-state index is 0.0234. The Balaban J connectivity index is 1.29. The van der Waals surface area contributed by atoms with Gasteiger partial charge in [0, 0.05) is 5.92 Å². The normalized spacial score (nSPS) is 27.3. The standard InChI is InChI=1S/C22H21NO5/c24-21(25)19-17-9-10-18(28-17)20(19)23-22(26)27-11-16-14-7-3-1-5-12(14)13-6-2-4-8-15(13)16/h1-8,16-20H,9-11H2,(H,23,26)(H,24,25). The lowest BCUT2D eigenvalue weighted by Gasteiger charge is -2.25. The van der Waals surface area contributed by atoms with Gasteiger partial charge < -0.3 is 19.9 Å². The van der Waals surface area contributed by atoms with Gasteiger partial charge in [-0.3, -0.25) is 4.79 Å². The summed E-state index contributed by atoms with van der Waals surface area (Å²) in [7, 11) is 0. The molecule has 1 amide bonds. The molecule has 28 heavy (non-hydrogen) atoms. The quantitative estimate of drug-likeness (QED) is 0.852. The van der Waals surface area contributed by atoms with E-state index in [0.29, 0.717) is 0 Å². The predicted molar refractivity (Wildman–Crippen MR) is 101 cm³/mol. The van der Waals surface area contributed by atoms with Gasteiger partial charge in [0.15, 0.2) is 0 Å². The highest BCUT2D eigenvalue weighted by Gasteiger charge is 2.53. The number of carbonyl (C=O) groups excluding carboxylic acids is 1. The number of alkyl carbamates (subject to hydrolysis) is 1. The van der Waals surface area contributed by atoms with Gasteiger partial charge in [-0.2, -0.15) is 0 Å². The minimum Gasteiger partial charge on any atom is -0.481 e. The molecule has 0 radical (unpaired) electrons. The van der Waals surface area contributed by atoms with Gasteiger partial charge in [-0.1, -0.05) is 48.5 Å². The van der Waals surface area contributed by atoms with Crippen LogP contribution in [0.5, 0.6) is 0 Å². The first-order chi connectivity index (χ1) is 13.6. The molecule has 144 valence electrons. The lowest BCUT2D eigenvalue weighted by molar-refractivity contribution is -0.144. The maximum atomic E-state index is 12.4. The van der Waals surface area contributed by atoms with Crippen molar-refractivity contribution < 1.29 is 24.2 Å². The lowest BCUT2D eigenvalue weighted by Crippen LogP contribution is -2.49. The lowest BCUT2D eigenvalue weighted by atomic mass is 9.84. The van der Waals surface area contributed by atoms with E-state index >= 15 is 0 Å². The summed E-state index contributed by atoms with van der Waals surface area (Å²) in [4.78, 5) is 24.0. The van der Waals surface area contributed by atoms with Gasteiger partial charge in [-0.25, -0.2) is 4.79 Å². The molecule has 2 heterocycles. The zero-order valence-electron chi connectivity index (χ0n) is 15.2. The molecule has 6 heteroatoms. The van der Waals surface area contributed by atoms with Crippen LogP contribution >= 0.6 is 0 Å². The smallest absolute Gasteiger partial charge is 0.407 e. The minimum atomic E-state index is -0.934. The first-order valence-corrected chi connectivity index (χ1v) is 9.63. The van der Waals surface area contributed by atoms with Crippen molar-refractivity contribution in [2.24, 2.45) is 5.92 Å². The molecule has 2 aliphatic heterocycles. The van der Waals surface area contributed by atoms with Crippen LogP contribution in [0.1, 0.15) is 29.9 Å². The number of aliphatic carboxylic acids is 1. The van der Waals surface area contributed by atoms with Gasteiger partial charge >= 0.3 is 12.1 Å². The molecule has 0 aromatic heterocycles. The van der Waals surface area contributed by atoms with Crippen LogP contribution in [0.3, 0.4) is 0 Å². The largest absolute Gasteiger partial charge is 0.481 e. The van der Waals surface area contributed by atoms with Crippen LogP contribution in [0.4, 0.5) is 4.79 Å². The summed E-state index contributed by atoms with van der Waals surface area (Å²) in [5.74, 6) is -1.67. The second-order valence-electron chi connectivity index (χ2n) is 7.65.